The van der Waals surface area contributed by atoms with Crippen LogP contribution in [0.3, 0.4) is 0 Å². The van der Waals surface area contributed by atoms with Gasteiger partial charge in [0.05, 0.1) is 15.5 Å². The molecule has 0 bridgehead atoms. The van der Waals surface area contributed by atoms with Gasteiger partial charge in [-0.15, -0.1) is 0 Å². The minimum atomic E-state index is -0.387. The molecular weight excluding hydrogens is 286 g/mol. The van der Waals surface area contributed by atoms with Crippen molar-refractivity contribution in [1.29, 1.82) is 0 Å². The number of nitro benzene ring substituents is 1. The fraction of sp³-hybridized carbons (Fsp3) is 0.500. The van der Waals surface area contributed by atoms with Crippen LogP contribution in [0.15, 0.2) is 16.6 Å². The second-order valence-corrected chi connectivity index (χ2v) is 5.23. The van der Waals surface area contributed by atoms with Crippen molar-refractivity contribution in [2.45, 2.75) is 38.7 Å². The zero-order chi connectivity index (χ0) is 12.4. The molecule has 4 nitrogen and oxygen atoms in total. The Kier molecular flexibility index (Phi) is 3.66. The van der Waals surface area contributed by atoms with E-state index in [9.17, 15) is 10.1 Å². The van der Waals surface area contributed by atoms with Gasteiger partial charge in [0.15, 0.2) is 0 Å². The van der Waals surface area contributed by atoms with Crippen LogP contribution in [0.5, 0.6) is 5.75 Å². The standard InChI is InChI=1S/C12H14BrNO3/c1-8-6-10(13)12(11(7-8)14(15)16)17-9-4-2-3-5-9/h6-7,9H,2-5H2,1H3. The van der Waals surface area contributed by atoms with Crippen molar-refractivity contribution in [2.24, 2.45) is 0 Å². The summed E-state index contributed by atoms with van der Waals surface area (Å²) in [5.74, 6) is 0.368. The van der Waals surface area contributed by atoms with Crippen LogP contribution < -0.4 is 4.74 Å². The second-order valence-electron chi connectivity index (χ2n) is 4.38. The molecule has 0 spiro atoms. The molecule has 2 rings (SSSR count). The van der Waals surface area contributed by atoms with Gasteiger partial charge in [0.2, 0.25) is 5.75 Å². The number of hydrogen-bond acceptors (Lipinski definition) is 3. The maximum absolute atomic E-state index is 11.0. The molecule has 1 aromatic carbocycles. The number of hydrogen-bond donors (Lipinski definition) is 0. The molecule has 5 heteroatoms. The smallest absolute Gasteiger partial charge is 0.312 e. The Morgan fingerprint density at radius 3 is 2.65 bits per heavy atom. The highest BCUT2D eigenvalue weighted by Gasteiger charge is 2.24. The summed E-state index contributed by atoms with van der Waals surface area (Å²) in [6.07, 6.45) is 4.37. The molecule has 0 saturated heterocycles. The molecule has 0 radical (unpaired) electrons. The Bertz CT molecular complexity index is 442. The Labute approximate surface area is 108 Å². The SMILES string of the molecule is Cc1cc(Br)c(OC2CCCC2)c([N+](=O)[O-])c1. The number of ether oxygens (including phenoxy) is 1. The predicted molar refractivity (Wildman–Crippen MR) is 68.4 cm³/mol. The largest absolute Gasteiger partial charge is 0.483 e. The van der Waals surface area contributed by atoms with E-state index in [1.807, 2.05) is 13.0 Å². The molecule has 0 atom stereocenters. The lowest BCUT2D eigenvalue weighted by Crippen LogP contribution is -2.12. The zero-order valence-electron chi connectivity index (χ0n) is 9.61. The zero-order valence-corrected chi connectivity index (χ0v) is 11.2. The van der Waals surface area contributed by atoms with Crippen LogP contribution in [0, 0.1) is 17.0 Å². The minimum absolute atomic E-state index is 0.0452. The van der Waals surface area contributed by atoms with Gasteiger partial charge in [-0.3, -0.25) is 10.1 Å². The van der Waals surface area contributed by atoms with E-state index >= 15 is 0 Å². The number of aryl methyl sites for hydroxylation is 1. The summed E-state index contributed by atoms with van der Waals surface area (Å²) in [5, 5.41) is 11.0. The summed E-state index contributed by atoms with van der Waals surface area (Å²) in [6, 6.07) is 3.40. The van der Waals surface area contributed by atoms with Gasteiger partial charge in [-0.1, -0.05) is 0 Å². The number of nitrogens with zero attached hydrogens (tertiary/aromatic N) is 1. The van der Waals surface area contributed by atoms with Gasteiger partial charge in [0.1, 0.15) is 0 Å². The van der Waals surface area contributed by atoms with E-state index in [0.29, 0.717) is 10.2 Å². The Morgan fingerprint density at radius 2 is 2.06 bits per heavy atom. The van der Waals surface area contributed by atoms with Gasteiger partial charge in [-0.2, -0.15) is 0 Å². The van der Waals surface area contributed by atoms with Crippen molar-refractivity contribution in [3.8, 4) is 5.75 Å². The van der Waals surface area contributed by atoms with Crippen LogP contribution in [-0.2, 0) is 0 Å². The van der Waals surface area contributed by atoms with Gasteiger partial charge >= 0.3 is 5.69 Å². The first-order valence-corrected chi connectivity index (χ1v) is 6.48. The lowest BCUT2D eigenvalue weighted by atomic mass is 10.2. The van der Waals surface area contributed by atoms with Crippen LogP contribution >= 0.6 is 15.9 Å². The van der Waals surface area contributed by atoms with E-state index in [4.69, 9.17) is 4.74 Å². The van der Waals surface area contributed by atoms with E-state index in [2.05, 4.69) is 15.9 Å². The molecule has 1 aliphatic carbocycles. The first-order valence-electron chi connectivity index (χ1n) is 5.69. The molecule has 0 aromatic heterocycles. The van der Waals surface area contributed by atoms with E-state index < -0.39 is 0 Å². The molecule has 1 saturated carbocycles. The fourth-order valence-electron chi connectivity index (χ4n) is 2.14. The van der Waals surface area contributed by atoms with E-state index in [0.717, 1.165) is 31.2 Å². The normalized spacial score (nSPS) is 16.1. The van der Waals surface area contributed by atoms with Gasteiger partial charge < -0.3 is 4.74 Å². The van der Waals surface area contributed by atoms with E-state index in [1.54, 1.807) is 6.07 Å². The highest BCUT2D eigenvalue weighted by Crippen LogP contribution is 2.38. The average Bonchev–Trinajstić information content (AvgIpc) is 2.74. The third-order valence-corrected chi connectivity index (χ3v) is 3.54. The number of halogens is 1. The van der Waals surface area contributed by atoms with Crippen molar-refractivity contribution in [3.05, 3.63) is 32.3 Å². The maximum atomic E-state index is 11.0. The monoisotopic (exact) mass is 299 g/mol. The quantitative estimate of drug-likeness (QED) is 0.626. The van der Waals surface area contributed by atoms with Crippen molar-refractivity contribution in [3.63, 3.8) is 0 Å². The number of nitro groups is 1. The van der Waals surface area contributed by atoms with Crippen molar-refractivity contribution in [1.82, 2.24) is 0 Å². The summed E-state index contributed by atoms with van der Waals surface area (Å²) in [5.41, 5.74) is 0.895. The van der Waals surface area contributed by atoms with Gasteiger partial charge in [0, 0.05) is 6.07 Å². The molecule has 0 amide bonds. The summed E-state index contributed by atoms with van der Waals surface area (Å²) in [6.45, 7) is 1.83. The number of rotatable bonds is 3. The molecule has 17 heavy (non-hydrogen) atoms. The van der Waals surface area contributed by atoms with E-state index in [-0.39, 0.29) is 16.7 Å². The topological polar surface area (TPSA) is 52.4 Å². The first kappa shape index (κ1) is 12.4. The second kappa shape index (κ2) is 5.04. The van der Waals surface area contributed by atoms with Crippen LogP contribution in [0.1, 0.15) is 31.2 Å². The first-order chi connectivity index (χ1) is 8.08. The third kappa shape index (κ3) is 2.77. The molecular formula is C12H14BrNO3. The average molecular weight is 300 g/mol. The van der Waals surface area contributed by atoms with Gasteiger partial charge in [-0.05, 0) is 60.2 Å². The number of benzene rings is 1. The fourth-order valence-corrected chi connectivity index (χ4v) is 2.79. The Hall–Kier alpha value is -1.10. The Morgan fingerprint density at radius 1 is 1.41 bits per heavy atom. The molecule has 1 aliphatic rings. The van der Waals surface area contributed by atoms with Gasteiger partial charge in [0.25, 0.3) is 0 Å². The van der Waals surface area contributed by atoms with Crippen LogP contribution in [0.25, 0.3) is 0 Å². The summed E-state index contributed by atoms with van der Waals surface area (Å²) in [4.78, 5) is 10.6. The minimum Gasteiger partial charge on any atom is -0.483 e. The van der Waals surface area contributed by atoms with Gasteiger partial charge in [-0.25, -0.2) is 0 Å². The van der Waals surface area contributed by atoms with Crippen molar-refractivity contribution in [2.75, 3.05) is 0 Å². The molecule has 0 N–H and O–H groups in total. The van der Waals surface area contributed by atoms with Crippen molar-refractivity contribution < 1.29 is 9.66 Å². The molecule has 92 valence electrons. The predicted octanol–water partition coefficient (Wildman–Crippen LogP) is 3.99. The van der Waals surface area contributed by atoms with Crippen LogP contribution in [-0.4, -0.2) is 11.0 Å². The molecule has 0 heterocycles. The molecule has 0 aliphatic heterocycles. The van der Waals surface area contributed by atoms with Crippen LogP contribution in [0.2, 0.25) is 0 Å². The highest BCUT2D eigenvalue weighted by molar-refractivity contribution is 9.10. The molecule has 0 unspecified atom stereocenters. The lowest BCUT2D eigenvalue weighted by molar-refractivity contribution is -0.386. The highest BCUT2D eigenvalue weighted by atomic mass is 79.9. The lowest BCUT2D eigenvalue weighted by Gasteiger charge is -2.14. The molecule has 1 fully saturated rings. The molecule has 1 aromatic rings. The summed E-state index contributed by atoms with van der Waals surface area (Å²) in [7, 11) is 0. The summed E-state index contributed by atoms with van der Waals surface area (Å²) < 4.78 is 6.43. The van der Waals surface area contributed by atoms with E-state index in [1.165, 1.54) is 0 Å². The third-order valence-electron chi connectivity index (χ3n) is 2.95. The van der Waals surface area contributed by atoms with Crippen LogP contribution in [0.4, 0.5) is 5.69 Å². The summed E-state index contributed by atoms with van der Waals surface area (Å²) >= 11 is 3.34. The van der Waals surface area contributed by atoms with Crippen molar-refractivity contribution >= 4 is 21.6 Å². The Balaban J connectivity index is 2.33. The maximum Gasteiger partial charge on any atom is 0.312 e.